The first-order valence-electron chi connectivity index (χ1n) is 7.78. The summed E-state index contributed by atoms with van der Waals surface area (Å²) in [6.45, 7) is 5.50. The van der Waals surface area contributed by atoms with Crippen molar-refractivity contribution in [3.05, 3.63) is 0 Å². The zero-order valence-electron chi connectivity index (χ0n) is 12.4. The van der Waals surface area contributed by atoms with Crippen molar-refractivity contribution in [3.63, 3.8) is 0 Å². The van der Waals surface area contributed by atoms with Crippen molar-refractivity contribution in [1.82, 2.24) is 10.2 Å². The Bertz CT molecular complexity index is 286. The second-order valence-corrected chi connectivity index (χ2v) is 5.45. The van der Waals surface area contributed by atoms with Crippen molar-refractivity contribution in [2.75, 3.05) is 13.1 Å². The molecule has 0 atom stereocenters. The first-order valence-corrected chi connectivity index (χ1v) is 7.78. The van der Waals surface area contributed by atoms with Gasteiger partial charge in [0.1, 0.15) is 0 Å². The van der Waals surface area contributed by atoms with Crippen LogP contribution in [0, 0.1) is 0 Å². The Morgan fingerprint density at radius 1 is 1.05 bits per heavy atom. The molecule has 0 unspecified atom stereocenters. The number of rotatable bonds is 6. The van der Waals surface area contributed by atoms with E-state index < -0.39 is 5.91 Å². The number of hydrogen-bond acceptors (Lipinski definition) is 2. The molecule has 0 aliphatic heterocycles. The summed E-state index contributed by atoms with van der Waals surface area (Å²) >= 11 is 0. The highest BCUT2D eigenvalue weighted by Gasteiger charge is 2.24. The quantitative estimate of drug-likeness (QED) is 0.752. The fourth-order valence-corrected chi connectivity index (χ4v) is 2.57. The molecule has 0 aromatic carbocycles. The van der Waals surface area contributed by atoms with Crippen LogP contribution in [0.25, 0.3) is 0 Å². The van der Waals surface area contributed by atoms with E-state index in [4.69, 9.17) is 0 Å². The zero-order chi connectivity index (χ0) is 14.1. The van der Waals surface area contributed by atoms with Gasteiger partial charge < -0.3 is 10.2 Å². The van der Waals surface area contributed by atoms with Gasteiger partial charge in [0, 0.05) is 19.1 Å². The van der Waals surface area contributed by atoms with Crippen LogP contribution in [0.4, 0.5) is 0 Å². The molecule has 0 bridgehead atoms. The van der Waals surface area contributed by atoms with Crippen molar-refractivity contribution in [2.45, 2.75) is 71.3 Å². The van der Waals surface area contributed by atoms with E-state index in [1.807, 2.05) is 6.92 Å². The smallest absolute Gasteiger partial charge is 0.311 e. The van der Waals surface area contributed by atoms with Crippen molar-refractivity contribution in [1.29, 1.82) is 0 Å². The van der Waals surface area contributed by atoms with Gasteiger partial charge in [-0.05, 0) is 25.7 Å². The highest BCUT2D eigenvalue weighted by molar-refractivity contribution is 6.35. The van der Waals surface area contributed by atoms with Crippen molar-refractivity contribution >= 4 is 11.8 Å². The van der Waals surface area contributed by atoms with E-state index in [-0.39, 0.29) is 11.9 Å². The standard InChI is InChI=1S/C15H28N2O2/c1-3-5-12-17(11-4-2)15(19)14(18)16-13-9-7-6-8-10-13/h13H,3-12H2,1-2H3,(H,16,18). The summed E-state index contributed by atoms with van der Waals surface area (Å²) < 4.78 is 0. The molecule has 1 fully saturated rings. The van der Waals surface area contributed by atoms with Gasteiger partial charge in [-0.1, -0.05) is 39.5 Å². The van der Waals surface area contributed by atoms with Gasteiger partial charge in [-0.25, -0.2) is 0 Å². The lowest BCUT2D eigenvalue weighted by Crippen LogP contribution is -2.47. The van der Waals surface area contributed by atoms with E-state index in [1.54, 1.807) is 4.90 Å². The molecule has 1 N–H and O–H groups in total. The molecule has 1 saturated carbocycles. The van der Waals surface area contributed by atoms with Gasteiger partial charge in [-0.3, -0.25) is 9.59 Å². The molecule has 0 aromatic heterocycles. The van der Waals surface area contributed by atoms with E-state index in [1.165, 1.54) is 6.42 Å². The lowest BCUT2D eigenvalue weighted by atomic mass is 9.95. The van der Waals surface area contributed by atoms with Gasteiger partial charge in [-0.15, -0.1) is 0 Å². The van der Waals surface area contributed by atoms with Crippen LogP contribution in [0.15, 0.2) is 0 Å². The van der Waals surface area contributed by atoms with E-state index in [0.717, 1.165) is 44.9 Å². The molecule has 2 amide bonds. The van der Waals surface area contributed by atoms with Crippen LogP contribution in [0.1, 0.15) is 65.2 Å². The molecule has 1 rings (SSSR count). The predicted octanol–water partition coefficient (Wildman–Crippen LogP) is 2.47. The SMILES string of the molecule is CCCCN(CCC)C(=O)C(=O)NC1CCCCC1. The number of amides is 2. The normalized spacial score (nSPS) is 16.1. The molecule has 110 valence electrons. The Kier molecular flexibility index (Phi) is 7.53. The summed E-state index contributed by atoms with van der Waals surface area (Å²) in [6, 6.07) is 0.208. The van der Waals surface area contributed by atoms with Crippen LogP contribution in [-0.2, 0) is 9.59 Å². The average molecular weight is 268 g/mol. The van der Waals surface area contributed by atoms with E-state index >= 15 is 0 Å². The van der Waals surface area contributed by atoms with Crippen molar-refractivity contribution in [3.8, 4) is 0 Å². The van der Waals surface area contributed by atoms with Crippen LogP contribution in [-0.4, -0.2) is 35.8 Å². The molecule has 4 heteroatoms. The van der Waals surface area contributed by atoms with Gasteiger partial charge in [0.25, 0.3) is 0 Å². The van der Waals surface area contributed by atoms with E-state index in [0.29, 0.717) is 13.1 Å². The monoisotopic (exact) mass is 268 g/mol. The Morgan fingerprint density at radius 2 is 1.74 bits per heavy atom. The number of hydrogen-bond donors (Lipinski definition) is 1. The minimum Gasteiger partial charge on any atom is -0.345 e. The third-order valence-electron chi connectivity index (χ3n) is 3.70. The van der Waals surface area contributed by atoms with Crippen molar-refractivity contribution in [2.24, 2.45) is 0 Å². The molecule has 4 nitrogen and oxygen atoms in total. The second-order valence-electron chi connectivity index (χ2n) is 5.45. The summed E-state index contributed by atoms with van der Waals surface area (Å²) in [7, 11) is 0. The van der Waals surface area contributed by atoms with Crippen LogP contribution in [0.2, 0.25) is 0 Å². The molecule has 1 aliphatic carbocycles. The third kappa shape index (κ3) is 5.62. The van der Waals surface area contributed by atoms with Gasteiger partial charge in [0.15, 0.2) is 0 Å². The number of carbonyl (C=O) groups is 2. The first-order chi connectivity index (χ1) is 9.19. The predicted molar refractivity (Wildman–Crippen MR) is 76.8 cm³/mol. The van der Waals surface area contributed by atoms with E-state index in [9.17, 15) is 9.59 Å². The minimum atomic E-state index is -0.406. The van der Waals surface area contributed by atoms with Crippen molar-refractivity contribution < 1.29 is 9.59 Å². The lowest BCUT2D eigenvalue weighted by molar-refractivity contribution is -0.146. The largest absolute Gasteiger partial charge is 0.345 e. The molecule has 19 heavy (non-hydrogen) atoms. The maximum Gasteiger partial charge on any atom is 0.311 e. The third-order valence-corrected chi connectivity index (χ3v) is 3.70. The summed E-state index contributed by atoms with van der Waals surface area (Å²) in [5.41, 5.74) is 0. The molecule has 0 radical (unpaired) electrons. The highest BCUT2D eigenvalue weighted by atomic mass is 16.2. The molecular formula is C15H28N2O2. The first kappa shape index (κ1) is 16.0. The topological polar surface area (TPSA) is 49.4 Å². The van der Waals surface area contributed by atoms with E-state index in [2.05, 4.69) is 12.2 Å². The summed E-state index contributed by atoms with van der Waals surface area (Å²) in [5, 5.41) is 2.90. The second kappa shape index (κ2) is 8.94. The van der Waals surface area contributed by atoms with Crippen LogP contribution in [0.3, 0.4) is 0 Å². The zero-order valence-corrected chi connectivity index (χ0v) is 12.4. The van der Waals surface area contributed by atoms with Gasteiger partial charge >= 0.3 is 11.8 Å². The summed E-state index contributed by atoms with van der Waals surface area (Å²) in [6.07, 6.45) is 8.50. The molecular weight excluding hydrogens is 240 g/mol. The maximum absolute atomic E-state index is 12.1. The molecule has 1 aliphatic rings. The fourth-order valence-electron chi connectivity index (χ4n) is 2.57. The highest BCUT2D eigenvalue weighted by Crippen LogP contribution is 2.17. The molecule has 0 spiro atoms. The molecule has 0 saturated heterocycles. The van der Waals surface area contributed by atoms with Gasteiger partial charge in [0.2, 0.25) is 0 Å². The van der Waals surface area contributed by atoms with Crippen LogP contribution < -0.4 is 5.32 Å². The van der Waals surface area contributed by atoms with Crippen LogP contribution >= 0.6 is 0 Å². The number of nitrogens with zero attached hydrogens (tertiary/aromatic N) is 1. The average Bonchev–Trinajstić information content (AvgIpc) is 2.43. The van der Waals surface area contributed by atoms with Crippen LogP contribution in [0.5, 0.6) is 0 Å². The number of unbranched alkanes of at least 4 members (excludes halogenated alkanes) is 1. The number of nitrogens with one attached hydrogen (secondary N) is 1. The van der Waals surface area contributed by atoms with Gasteiger partial charge in [-0.2, -0.15) is 0 Å². The lowest BCUT2D eigenvalue weighted by Gasteiger charge is -2.25. The molecule has 0 heterocycles. The summed E-state index contributed by atoms with van der Waals surface area (Å²) in [5.74, 6) is -0.752. The maximum atomic E-state index is 12.1. The Morgan fingerprint density at radius 3 is 2.32 bits per heavy atom. The van der Waals surface area contributed by atoms with Gasteiger partial charge in [0.05, 0.1) is 0 Å². The Balaban J connectivity index is 2.44. The minimum absolute atomic E-state index is 0.208. The Hall–Kier alpha value is -1.06. The summed E-state index contributed by atoms with van der Waals surface area (Å²) in [4.78, 5) is 25.8. The molecule has 0 aromatic rings. The number of carbonyl (C=O) groups excluding carboxylic acids is 2. The fraction of sp³-hybridized carbons (Fsp3) is 0.867. The Labute approximate surface area is 116 Å².